The Morgan fingerprint density at radius 1 is 0.949 bits per heavy atom. The molecule has 0 saturated carbocycles. The van der Waals surface area contributed by atoms with Crippen molar-refractivity contribution in [3.8, 4) is 16.9 Å². The Morgan fingerprint density at radius 3 is 2.33 bits per heavy atom. The van der Waals surface area contributed by atoms with Crippen molar-refractivity contribution in [1.29, 1.82) is 0 Å². The monoisotopic (exact) mass is 529 g/mol. The van der Waals surface area contributed by atoms with Crippen LogP contribution in [0.15, 0.2) is 72.8 Å². The van der Waals surface area contributed by atoms with Gasteiger partial charge in [0.15, 0.2) is 0 Å². The molecule has 0 unspecified atom stereocenters. The smallest absolute Gasteiger partial charge is 0.337 e. The summed E-state index contributed by atoms with van der Waals surface area (Å²) in [6.07, 6.45) is 0.780. The van der Waals surface area contributed by atoms with E-state index in [0.29, 0.717) is 25.2 Å². The Balaban J connectivity index is 1.51. The highest BCUT2D eigenvalue weighted by molar-refractivity contribution is 5.90. The summed E-state index contributed by atoms with van der Waals surface area (Å²) in [5.74, 6) is 0.238. The molecule has 1 aliphatic rings. The highest BCUT2D eigenvalue weighted by Gasteiger charge is 2.32. The van der Waals surface area contributed by atoms with Crippen LogP contribution in [-0.2, 0) is 20.9 Å². The molecule has 3 aromatic rings. The molecule has 1 aliphatic heterocycles. The van der Waals surface area contributed by atoms with Gasteiger partial charge in [-0.2, -0.15) is 0 Å². The minimum Gasteiger partial charge on any atom is -0.496 e. The van der Waals surface area contributed by atoms with Crippen molar-refractivity contribution in [1.82, 2.24) is 15.5 Å². The summed E-state index contributed by atoms with van der Waals surface area (Å²) in [7, 11) is 3.03. The third-order valence-corrected chi connectivity index (χ3v) is 7.16. The zero-order valence-corrected chi connectivity index (χ0v) is 22.6. The maximum atomic E-state index is 12.7. The summed E-state index contributed by atoms with van der Waals surface area (Å²) in [4.78, 5) is 37.7. The number of rotatable bonds is 9. The number of carbonyl (C=O) groups is 3. The molecule has 204 valence electrons. The Labute approximate surface area is 229 Å². The van der Waals surface area contributed by atoms with Gasteiger partial charge < -0.3 is 25.0 Å². The van der Waals surface area contributed by atoms with E-state index in [1.54, 1.807) is 19.2 Å². The van der Waals surface area contributed by atoms with Crippen LogP contribution in [0.4, 0.5) is 0 Å². The number of benzene rings is 3. The van der Waals surface area contributed by atoms with E-state index in [9.17, 15) is 14.4 Å². The summed E-state index contributed by atoms with van der Waals surface area (Å²) < 4.78 is 10.5. The number of likely N-dealkylation sites (tertiary alicyclic amines) is 1. The third-order valence-electron chi connectivity index (χ3n) is 7.16. The first-order valence-electron chi connectivity index (χ1n) is 13.1. The summed E-state index contributed by atoms with van der Waals surface area (Å²) >= 11 is 0. The first kappa shape index (κ1) is 27.9. The van der Waals surface area contributed by atoms with E-state index in [2.05, 4.69) is 28.8 Å². The minimum atomic E-state index is -0.364. The third kappa shape index (κ3) is 7.03. The molecule has 2 N–H and O–H groups in total. The van der Waals surface area contributed by atoms with Crippen molar-refractivity contribution < 1.29 is 23.9 Å². The molecule has 4 rings (SSSR count). The lowest BCUT2D eigenvalue weighted by Crippen LogP contribution is -2.51. The van der Waals surface area contributed by atoms with Crippen molar-refractivity contribution in [2.45, 2.75) is 31.8 Å². The second kappa shape index (κ2) is 13.1. The van der Waals surface area contributed by atoms with Gasteiger partial charge in [-0.3, -0.25) is 9.59 Å². The van der Waals surface area contributed by atoms with Gasteiger partial charge in [-0.25, -0.2) is 4.79 Å². The van der Waals surface area contributed by atoms with E-state index in [-0.39, 0.29) is 36.3 Å². The van der Waals surface area contributed by atoms with Gasteiger partial charge in [-0.15, -0.1) is 0 Å². The summed E-state index contributed by atoms with van der Waals surface area (Å²) in [5, 5.41) is 6.35. The van der Waals surface area contributed by atoms with Crippen molar-refractivity contribution in [3.63, 3.8) is 0 Å². The molecule has 8 nitrogen and oxygen atoms in total. The maximum absolute atomic E-state index is 12.7. The molecule has 1 heterocycles. The minimum absolute atomic E-state index is 0.0134. The predicted octanol–water partition coefficient (Wildman–Crippen LogP) is 3.76. The van der Waals surface area contributed by atoms with Gasteiger partial charge >= 0.3 is 5.97 Å². The molecular formula is C31H35N3O5. The number of esters is 1. The number of carbonyl (C=O) groups excluding carboxylic acids is 3. The van der Waals surface area contributed by atoms with Gasteiger partial charge in [-0.1, -0.05) is 48.5 Å². The second-order valence-corrected chi connectivity index (χ2v) is 9.64. The largest absolute Gasteiger partial charge is 0.496 e. The number of hydrogen-bond donors (Lipinski definition) is 2. The van der Waals surface area contributed by atoms with Crippen LogP contribution in [0.25, 0.3) is 11.1 Å². The first-order valence-corrected chi connectivity index (χ1v) is 13.1. The normalized spacial score (nSPS) is 16.8. The van der Waals surface area contributed by atoms with Crippen LogP contribution in [0.3, 0.4) is 0 Å². The molecule has 0 spiro atoms. The Bertz CT molecular complexity index is 1290. The maximum Gasteiger partial charge on any atom is 0.337 e. The van der Waals surface area contributed by atoms with E-state index in [1.807, 2.05) is 47.4 Å². The fourth-order valence-corrected chi connectivity index (χ4v) is 5.03. The van der Waals surface area contributed by atoms with E-state index in [4.69, 9.17) is 9.47 Å². The van der Waals surface area contributed by atoms with Crippen LogP contribution in [0, 0.1) is 0 Å². The molecule has 8 heteroatoms. The molecule has 2 amide bonds. The number of nitrogens with one attached hydrogen (secondary N) is 2. The molecule has 39 heavy (non-hydrogen) atoms. The quantitative estimate of drug-likeness (QED) is 0.410. The molecule has 0 aliphatic carbocycles. The highest BCUT2D eigenvalue weighted by Crippen LogP contribution is 2.30. The fourth-order valence-electron chi connectivity index (χ4n) is 5.03. The molecule has 1 fully saturated rings. The van der Waals surface area contributed by atoms with Crippen LogP contribution in [0.5, 0.6) is 5.75 Å². The van der Waals surface area contributed by atoms with Gasteiger partial charge in [0.2, 0.25) is 11.8 Å². The molecule has 0 aromatic heterocycles. The zero-order chi connectivity index (χ0) is 27.8. The van der Waals surface area contributed by atoms with Gasteiger partial charge in [0, 0.05) is 44.1 Å². The van der Waals surface area contributed by atoms with Crippen LogP contribution >= 0.6 is 0 Å². The number of ether oxygens (including phenoxy) is 2. The average molecular weight is 530 g/mol. The summed E-state index contributed by atoms with van der Waals surface area (Å²) in [5.41, 5.74) is 4.69. The average Bonchev–Trinajstić information content (AvgIpc) is 2.98. The topological polar surface area (TPSA) is 97.0 Å². The SMILES string of the molecule is COC(=O)c1ccc(-c2ccc(OC)c(CN[C@H]3CCN(C(=O)CNC(C)=O)C[C@H]3c3ccccc3)c2)cc1. The Hall–Kier alpha value is -4.17. The van der Waals surface area contributed by atoms with Crippen molar-refractivity contribution in [3.05, 3.63) is 89.5 Å². The molecular weight excluding hydrogens is 494 g/mol. The summed E-state index contributed by atoms with van der Waals surface area (Å²) in [6, 6.07) is 23.7. The van der Waals surface area contributed by atoms with Crippen LogP contribution in [0.2, 0.25) is 0 Å². The summed E-state index contributed by atoms with van der Waals surface area (Å²) in [6.45, 7) is 3.20. The van der Waals surface area contributed by atoms with Gasteiger partial charge in [-0.05, 0) is 47.4 Å². The number of nitrogens with zero attached hydrogens (tertiary/aromatic N) is 1. The van der Waals surface area contributed by atoms with Gasteiger partial charge in [0.25, 0.3) is 0 Å². The van der Waals surface area contributed by atoms with Crippen molar-refractivity contribution in [2.24, 2.45) is 0 Å². The molecule has 3 aromatic carbocycles. The first-order chi connectivity index (χ1) is 18.9. The van der Waals surface area contributed by atoms with Gasteiger partial charge in [0.1, 0.15) is 5.75 Å². The van der Waals surface area contributed by atoms with Crippen molar-refractivity contribution >= 4 is 17.8 Å². The lowest BCUT2D eigenvalue weighted by atomic mass is 9.85. The zero-order valence-electron chi connectivity index (χ0n) is 22.6. The highest BCUT2D eigenvalue weighted by atomic mass is 16.5. The lowest BCUT2D eigenvalue weighted by Gasteiger charge is -2.39. The van der Waals surface area contributed by atoms with Crippen LogP contribution in [0.1, 0.15) is 40.7 Å². The number of piperidine rings is 1. The number of methoxy groups -OCH3 is 2. The van der Waals surface area contributed by atoms with E-state index >= 15 is 0 Å². The molecule has 2 atom stereocenters. The Morgan fingerprint density at radius 2 is 1.67 bits per heavy atom. The standard InChI is InChI=1S/C31H35N3O5/c1-21(35)32-19-30(36)34-16-15-28(27(20-34)23-7-5-4-6-8-23)33-18-26-17-25(13-14-29(26)38-2)22-9-11-24(12-10-22)31(37)39-3/h4-14,17,27-28,33H,15-16,18-20H2,1-3H3,(H,32,35)/t27-,28-/m0/s1. The van der Waals surface area contributed by atoms with E-state index in [1.165, 1.54) is 19.6 Å². The van der Waals surface area contributed by atoms with E-state index < -0.39 is 0 Å². The Kier molecular flexibility index (Phi) is 9.33. The predicted molar refractivity (Wildman–Crippen MR) is 149 cm³/mol. The molecule has 0 bridgehead atoms. The lowest BCUT2D eigenvalue weighted by molar-refractivity contribution is -0.133. The van der Waals surface area contributed by atoms with E-state index in [0.717, 1.165) is 28.9 Å². The second-order valence-electron chi connectivity index (χ2n) is 9.64. The molecule has 0 radical (unpaired) electrons. The van der Waals surface area contributed by atoms with Crippen LogP contribution < -0.4 is 15.4 Å². The van der Waals surface area contributed by atoms with Gasteiger partial charge in [0.05, 0.1) is 26.3 Å². The van der Waals surface area contributed by atoms with Crippen LogP contribution in [-0.4, -0.2) is 62.6 Å². The fraction of sp³-hybridized carbons (Fsp3) is 0.323. The molecule has 1 saturated heterocycles. The van der Waals surface area contributed by atoms with Crippen molar-refractivity contribution in [2.75, 3.05) is 33.9 Å². The number of hydrogen-bond acceptors (Lipinski definition) is 6. The number of amides is 2.